The Morgan fingerprint density at radius 1 is 1.19 bits per heavy atom. The third-order valence-corrected chi connectivity index (χ3v) is 7.33. The standard InChI is InChI=1S/C24H36O7/c1-14(2)24(27)12-9-17-19(28-5)10-11-23(4)20(30-15(3)25)8-7-16(22(26)29-6)13-18(24)21(17)31-23/h13-14,18-20,27H,7-12H2,1-6H3/b16-13+/t18-,19+,20-,23+,24+/m0/s1. The van der Waals surface area contributed by atoms with Crippen molar-refractivity contribution in [3.8, 4) is 0 Å². The van der Waals surface area contributed by atoms with Crippen LogP contribution in [0.1, 0.15) is 66.2 Å². The van der Waals surface area contributed by atoms with E-state index >= 15 is 0 Å². The predicted octanol–water partition coefficient (Wildman–Crippen LogP) is 3.45. The summed E-state index contributed by atoms with van der Waals surface area (Å²) >= 11 is 0. The molecule has 31 heavy (non-hydrogen) atoms. The highest BCUT2D eigenvalue weighted by Crippen LogP contribution is 2.50. The Morgan fingerprint density at radius 3 is 2.48 bits per heavy atom. The highest BCUT2D eigenvalue weighted by molar-refractivity contribution is 5.88. The predicted molar refractivity (Wildman–Crippen MR) is 114 cm³/mol. The van der Waals surface area contributed by atoms with Crippen LogP contribution in [0.5, 0.6) is 0 Å². The minimum absolute atomic E-state index is 0.0641. The topological polar surface area (TPSA) is 91.3 Å². The number of aliphatic hydroxyl groups is 1. The van der Waals surface area contributed by atoms with E-state index in [1.807, 2.05) is 26.8 Å². The molecule has 0 radical (unpaired) electrons. The van der Waals surface area contributed by atoms with Crippen LogP contribution in [0.4, 0.5) is 0 Å². The van der Waals surface area contributed by atoms with Crippen molar-refractivity contribution in [1.29, 1.82) is 0 Å². The molecule has 7 nitrogen and oxygen atoms in total. The second-order valence-corrected chi connectivity index (χ2v) is 9.51. The molecule has 174 valence electrons. The van der Waals surface area contributed by atoms with Crippen molar-refractivity contribution in [2.75, 3.05) is 14.2 Å². The fourth-order valence-electron chi connectivity index (χ4n) is 5.30. The summed E-state index contributed by atoms with van der Waals surface area (Å²) < 4.78 is 23.3. The van der Waals surface area contributed by atoms with Crippen molar-refractivity contribution in [3.63, 3.8) is 0 Å². The zero-order chi connectivity index (χ0) is 23.0. The Labute approximate surface area is 184 Å². The monoisotopic (exact) mass is 436 g/mol. The Kier molecular flexibility index (Phi) is 6.87. The fourth-order valence-corrected chi connectivity index (χ4v) is 5.30. The molecule has 0 aromatic rings. The summed E-state index contributed by atoms with van der Waals surface area (Å²) in [6, 6.07) is 0. The van der Waals surface area contributed by atoms with Crippen molar-refractivity contribution in [3.05, 3.63) is 23.0 Å². The largest absolute Gasteiger partial charge is 0.487 e. The zero-order valence-electron chi connectivity index (χ0n) is 19.5. The van der Waals surface area contributed by atoms with E-state index in [1.54, 1.807) is 7.11 Å². The molecule has 2 aliphatic heterocycles. The van der Waals surface area contributed by atoms with E-state index in [0.29, 0.717) is 43.4 Å². The van der Waals surface area contributed by atoms with E-state index in [1.165, 1.54) is 14.0 Å². The Balaban J connectivity index is 2.23. The van der Waals surface area contributed by atoms with Gasteiger partial charge in [0.05, 0.1) is 24.7 Å². The molecule has 5 atom stereocenters. The smallest absolute Gasteiger partial charge is 0.333 e. The lowest BCUT2D eigenvalue weighted by Gasteiger charge is -2.46. The van der Waals surface area contributed by atoms with Gasteiger partial charge in [-0.3, -0.25) is 4.79 Å². The third kappa shape index (κ3) is 4.40. The number of hydrogen-bond donors (Lipinski definition) is 1. The van der Waals surface area contributed by atoms with Gasteiger partial charge in [-0.25, -0.2) is 4.79 Å². The summed E-state index contributed by atoms with van der Waals surface area (Å²) in [4.78, 5) is 24.5. The van der Waals surface area contributed by atoms with Gasteiger partial charge >= 0.3 is 11.9 Å². The van der Waals surface area contributed by atoms with Gasteiger partial charge in [0, 0.05) is 19.6 Å². The van der Waals surface area contributed by atoms with E-state index in [9.17, 15) is 14.7 Å². The van der Waals surface area contributed by atoms with Crippen molar-refractivity contribution in [2.24, 2.45) is 11.8 Å². The molecule has 0 spiro atoms. The van der Waals surface area contributed by atoms with Gasteiger partial charge in [0.1, 0.15) is 17.5 Å². The van der Waals surface area contributed by atoms with Crippen molar-refractivity contribution in [1.82, 2.24) is 0 Å². The first-order chi connectivity index (χ1) is 14.6. The molecule has 0 saturated carbocycles. The Bertz CT molecular complexity index is 783. The molecular weight excluding hydrogens is 400 g/mol. The lowest BCUT2D eigenvalue weighted by atomic mass is 9.68. The van der Waals surface area contributed by atoms with E-state index < -0.39 is 35.2 Å². The van der Waals surface area contributed by atoms with Crippen LogP contribution in [-0.4, -0.2) is 54.7 Å². The van der Waals surface area contributed by atoms with E-state index in [-0.39, 0.29) is 12.0 Å². The Morgan fingerprint density at radius 2 is 1.90 bits per heavy atom. The van der Waals surface area contributed by atoms with Gasteiger partial charge in [-0.1, -0.05) is 19.9 Å². The normalized spacial score (nSPS) is 37.4. The molecule has 0 amide bonds. The lowest BCUT2D eigenvalue weighted by molar-refractivity contribution is -0.168. The average Bonchev–Trinajstić information content (AvgIpc) is 2.82. The number of ether oxygens (including phenoxy) is 4. The van der Waals surface area contributed by atoms with Gasteiger partial charge in [-0.15, -0.1) is 0 Å². The maximum absolute atomic E-state index is 12.6. The first-order valence-corrected chi connectivity index (χ1v) is 11.2. The summed E-state index contributed by atoms with van der Waals surface area (Å²) in [6.07, 6.45) is 4.45. The number of methoxy groups -OCH3 is 2. The number of carbonyl (C=O) groups is 2. The maximum Gasteiger partial charge on any atom is 0.333 e. The summed E-state index contributed by atoms with van der Waals surface area (Å²) in [5.74, 6) is -0.765. The number of rotatable bonds is 4. The Hall–Kier alpha value is -1.86. The number of esters is 2. The van der Waals surface area contributed by atoms with E-state index in [2.05, 4.69) is 0 Å². The number of carbonyl (C=O) groups excluding carboxylic acids is 2. The third-order valence-electron chi connectivity index (χ3n) is 7.33. The van der Waals surface area contributed by atoms with Gasteiger partial charge < -0.3 is 24.1 Å². The zero-order valence-corrected chi connectivity index (χ0v) is 19.5. The maximum atomic E-state index is 12.6. The first kappa shape index (κ1) is 23.8. The molecule has 2 heterocycles. The SMILES string of the molecule is COC(=O)/C1=C/[C@H]2C3=C(CC[C@@]2(O)C(C)C)[C@H](OC)CC[C@@](C)(O3)[C@@H](OC(C)=O)CC1. The van der Waals surface area contributed by atoms with Crippen molar-refractivity contribution >= 4 is 11.9 Å². The molecular formula is C24H36O7. The van der Waals surface area contributed by atoms with Crippen LogP contribution >= 0.6 is 0 Å². The summed E-state index contributed by atoms with van der Waals surface area (Å²) in [6.45, 7) is 7.30. The quantitative estimate of drug-likeness (QED) is 0.675. The molecule has 3 aliphatic rings. The highest BCUT2D eigenvalue weighted by Gasteiger charge is 2.52. The molecule has 0 saturated heterocycles. The number of hydrogen-bond acceptors (Lipinski definition) is 7. The minimum Gasteiger partial charge on any atom is -0.487 e. The summed E-state index contributed by atoms with van der Waals surface area (Å²) in [5, 5.41) is 11.8. The van der Waals surface area contributed by atoms with Crippen LogP contribution in [0.3, 0.4) is 0 Å². The van der Waals surface area contributed by atoms with Gasteiger partial charge in [0.2, 0.25) is 0 Å². The van der Waals surface area contributed by atoms with Gasteiger partial charge in [0.25, 0.3) is 0 Å². The van der Waals surface area contributed by atoms with Gasteiger partial charge in [-0.2, -0.15) is 0 Å². The highest BCUT2D eigenvalue weighted by atomic mass is 16.6. The molecule has 2 bridgehead atoms. The molecule has 7 heteroatoms. The van der Waals surface area contributed by atoms with Gasteiger partial charge in [-0.05, 0) is 56.9 Å². The van der Waals surface area contributed by atoms with Crippen LogP contribution in [-0.2, 0) is 28.5 Å². The number of fused-ring (bicyclic) bond motifs is 1. The molecule has 3 rings (SSSR count). The molecule has 1 aliphatic carbocycles. The molecule has 1 N–H and O–H groups in total. The molecule has 0 unspecified atom stereocenters. The van der Waals surface area contributed by atoms with Gasteiger partial charge in [0.15, 0.2) is 0 Å². The van der Waals surface area contributed by atoms with Crippen molar-refractivity contribution < 1.29 is 33.6 Å². The first-order valence-electron chi connectivity index (χ1n) is 11.2. The summed E-state index contributed by atoms with van der Waals surface area (Å²) in [5.41, 5.74) is -0.398. The van der Waals surface area contributed by atoms with Crippen LogP contribution in [0.15, 0.2) is 23.0 Å². The fraction of sp³-hybridized carbons (Fsp3) is 0.750. The van der Waals surface area contributed by atoms with Crippen LogP contribution in [0.25, 0.3) is 0 Å². The van der Waals surface area contributed by atoms with E-state index in [0.717, 1.165) is 12.0 Å². The van der Waals surface area contributed by atoms with E-state index in [4.69, 9.17) is 18.9 Å². The minimum atomic E-state index is -1.08. The summed E-state index contributed by atoms with van der Waals surface area (Å²) in [7, 11) is 3.03. The lowest BCUT2D eigenvalue weighted by Crippen LogP contribution is -2.49. The van der Waals surface area contributed by atoms with Crippen LogP contribution in [0.2, 0.25) is 0 Å². The molecule has 0 aromatic heterocycles. The molecule has 0 aromatic carbocycles. The van der Waals surface area contributed by atoms with Crippen LogP contribution in [0, 0.1) is 11.8 Å². The second kappa shape index (κ2) is 8.94. The molecule has 0 fully saturated rings. The van der Waals surface area contributed by atoms with Crippen molar-refractivity contribution in [2.45, 2.75) is 89.6 Å². The van der Waals surface area contributed by atoms with Crippen LogP contribution < -0.4 is 0 Å². The average molecular weight is 437 g/mol. The second-order valence-electron chi connectivity index (χ2n) is 9.51.